The lowest BCUT2D eigenvalue weighted by atomic mass is 10.2. The van der Waals surface area contributed by atoms with Crippen LogP contribution in [0.4, 0.5) is 4.79 Å². The summed E-state index contributed by atoms with van der Waals surface area (Å²) in [5, 5.41) is 16.5. The quantitative estimate of drug-likeness (QED) is 0.668. The van der Waals surface area contributed by atoms with Crippen molar-refractivity contribution in [2.24, 2.45) is 0 Å². The van der Waals surface area contributed by atoms with Gasteiger partial charge in [0.15, 0.2) is 0 Å². The number of halogens is 1. The first-order chi connectivity index (χ1) is 12.1. The monoisotopic (exact) mass is 404 g/mol. The number of carbonyl (C=O) groups excluding carboxylic acids is 2. The van der Waals surface area contributed by atoms with Gasteiger partial charge in [-0.25, -0.2) is 4.79 Å². The predicted octanol–water partition coefficient (Wildman–Crippen LogP) is 1.72. The first kappa shape index (κ1) is 16.8. The summed E-state index contributed by atoms with van der Waals surface area (Å²) in [7, 11) is 0. The molecule has 3 rings (SSSR count). The summed E-state index contributed by atoms with van der Waals surface area (Å²) >= 11 is 3.35. The van der Waals surface area contributed by atoms with E-state index in [1.165, 1.54) is 6.26 Å². The maximum Gasteiger partial charge on any atom is 0.321 e. The molecular weight excluding hydrogens is 392 g/mol. The normalized spacial score (nSPS) is 10.4. The molecule has 3 aromatic rings. The lowest BCUT2D eigenvalue weighted by molar-refractivity contribution is -0.121. The van der Waals surface area contributed by atoms with Crippen LogP contribution in [0, 0.1) is 0 Å². The van der Waals surface area contributed by atoms with Crippen molar-refractivity contribution in [1.82, 2.24) is 30.8 Å². The van der Waals surface area contributed by atoms with Gasteiger partial charge in [0.25, 0.3) is 5.91 Å². The van der Waals surface area contributed by atoms with Crippen LogP contribution < -0.4 is 10.6 Å². The Hall–Kier alpha value is -3.01. The number of nitrogens with zero attached hydrogens (tertiary/aromatic N) is 4. The average molecular weight is 405 g/mol. The van der Waals surface area contributed by atoms with E-state index in [2.05, 4.69) is 42.0 Å². The lowest BCUT2D eigenvalue weighted by Gasteiger charge is -2.04. The number of tetrazole rings is 1. The third-order valence-corrected chi connectivity index (χ3v) is 3.63. The van der Waals surface area contributed by atoms with E-state index in [4.69, 9.17) is 4.42 Å². The predicted molar refractivity (Wildman–Crippen MR) is 90.0 cm³/mol. The van der Waals surface area contributed by atoms with Gasteiger partial charge in [-0.15, -0.1) is 10.2 Å². The second-order valence-corrected chi connectivity index (χ2v) is 5.88. The zero-order chi connectivity index (χ0) is 17.6. The number of benzene rings is 1. The Kier molecular flexibility index (Phi) is 5.19. The topological polar surface area (TPSA) is 115 Å². The highest BCUT2D eigenvalue weighted by Gasteiger charge is 2.12. The molecule has 0 aliphatic rings. The van der Waals surface area contributed by atoms with Crippen molar-refractivity contribution < 1.29 is 14.0 Å². The van der Waals surface area contributed by atoms with Gasteiger partial charge in [-0.3, -0.25) is 10.1 Å². The molecule has 0 aliphatic carbocycles. The highest BCUT2D eigenvalue weighted by Crippen LogP contribution is 2.17. The molecule has 0 atom stereocenters. The Labute approximate surface area is 150 Å². The molecule has 10 heteroatoms. The third kappa shape index (κ3) is 4.73. The van der Waals surface area contributed by atoms with Crippen LogP contribution in [0.5, 0.6) is 0 Å². The van der Waals surface area contributed by atoms with Crippen molar-refractivity contribution in [2.45, 2.75) is 13.1 Å². The van der Waals surface area contributed by atoms with E-state index in [0.29, 0.717) is 11.6 Å². The molecule has 0 saturated carbocycles. The standard InChI is InChI=1S/C15H13BrN6O3/c16-11-5-3-10(4-6-11)14-19-21-22(20-14)9-13(23)18-15(24)17-8-12-2-1-7-25-12/h1-7H,8-9H2,(H2,17,18,23,24). The Bertz CT molecular complexity index is 860. The smallest absolute Gasteiger partial charge is 0.321 e. The third-order valence-electron chi connectivity index (χ3n) is 3.10. The van der Waals surface area contributed by atoms with E-state index in [1.807, 2.05) is 24.3 Å². The van der Waals surface area contributed by atoms with Gasteiger partial charge in [0, 0.05) is 10.0 Å². The summed E-state index contributed by atoms with van der Waals surface area (Å²) < 4.78 is 6.01. The molecule has 0 unspecified atom stereocenters. The number of amides is 3. The van der Waals surface area contributed by atoms with Gasteiger partial charge in [-0.1, -0.05) is 15.9 Å². The van der Waals surface area contributed by atoms with E-state index >= 15 is 0 Å². The molecule has 1 aromatic carbocycles. The molecule has 2 heterocycles. The number of imide groups is 1. The van der Waals surface area contributed by atoms with E-state index in [-0.39, 0.29) is 13.1 Å². The van der Waals surface area contributed by atoms with E-state index < -0.39 is 11.9 Å². The second-order valence-electron chi connectivity index (χ2n) is 4.96. The van der Waals surface area contributed by atoms with Gasteiger partial charge < -0.3 is 9.73 Å². The molecule has 0 fully saturated rings. The van der Waals surface area contributed by atoms with E-state index in [1.54, 1.807) is 12.1 Å². The minimum atomic E-state index is -0.630. The molecule has 2 N–H and O–H groups in total. The zero-order valence-electron chi connectivity index (χ0n) is 12.8. The van der Waals surface area contributed by atoms with Crippen LogP contribution in [-0.2, 0) is 17.9 Å². The van der Waals surface area contributed by atoms with Crippen molar-refractivity contribution >= 4 is 27.9 Å². The van der Waals surface area contributed by atoms with Gasteiger partial charge in [0.1, 0.15) is 12.3 Å². The van der Waals surface area contributed by atoms with Crippen molar-refractivity contribution in [2.75, 3.05) is 0 Å². The van der Waals surface area contributed by atoms with Gasteiger partial charge in [0.2, 0.25) is 5.82 Å². The van der Waals surface area contributed by atoms with Gasteiger partial charge >= 0.3 is 6.03 Å². The number of carbonyl (C=O) groups is 2. The summed E-state index contributed by atoms with van der Waals surface area (Å²) in [5.41, 5.74) is 0.769. The van der Waals surface area contributed by atoms with Crippen LogP contribution in [0.15, 0.2) is 51.6 Å². The number of rotatable bonds is 5. The van der Waals surface area contributed by atoms with Crippen molar-refractivity contribution in [1.29, 1.82) is 0 Å². The minimum absolute atomic E-state index is 0.182. The second kappa shape index (κ2) is 7.71. The fourth-order valence-corrected chi connectivity index (χ4v) is 2.21. The molecule has 9 nitrogen and oxygen atoms in total. The average Bonchev–Trinajstić information content (AvgIpc) is 3.25. The number of nitrogens with one attached hydrogen (secondary N) is 2. The van der Waals surface area contributed by atoms with Crippen molar-refractivity contribution in [3.05, 3.63) is 52.9 Å². The Morgan fingerprint density at radius 2 is 2.00 bits per heavy atom. The van der Waals surface area contributed by atoms with Crippen LogP contribution in [0.2, 0.25) is 0 Å². The highest BCUT2D eigenvalue weighted by atomic mass is 79.9. The Morgan fingerprint density at radius 1 is 1.20 bits per heavy atom. The molecule has 0 radical (unpaired) electrons. The lowest BCUT2D eigenvalue weighted by Crippen LogP contribution is -2.40. The fourth-order valence-electron chi connectivity index (χ4n) is 1.94. The molecule has 25 heavy (non-hydrogen) atoms. The number of hydrogen-bond donors (Lipinski definition) is 2. The molecule has 2 aromatic heterocycles. The summed E-state index contributed by atoms with van der Waals surface area (Å²) in [6.07, 6.45) is 1.50. The molecule has 0 aliphatic heterocycles. The number of urea groups is 1. The largest absolute Gasteiger partial charge is 0.467 e. The number of aromatic nitrogens is 4. The van der Waals surface area contributed by atoms with Crippen LogP contribution in [0.3, 0.4) is 0 Å². The summed E-state index contributed by atoms with van der Waals surface area (Å²) in [6.45, 7) is -0.0426. The first-order valence-corrected chi connectivity index (χ1v) is 8.03. The van der Waals surface area contributed by atoms with Crippen LogP contribution in [0.1, 0.15) is 5.76 Å². The van der Waals surface area contributed by atoms with Crippen LogP contribution in [0.25, 0.3) is 11.4 Å². The van der Waals surface area contributed by atoms with Gasteiger partial charge in [0.05, 0.1) is 12.8 Å². The van der Waals surface area contributed by atoms with Crippen molar-refractivity contribution in [3.8, 4) is 11.4 Å². The van der Waals surface area contributed by atoms with Crippen LogP contribution >= 0.6 is 15.9 Å². The summed E-state index contributed by atoms with van der Waals surface area (Å²) in [6, 6.07) is 10.2. The maximum absolute atomic E-state index is 11.8. The summed E-state index contributed by atoms with van der Waals surface area (Å²) in [4.78, 5) is 24.6. The number of hydrogen-bond acceptors (Lipinski definition) is 6. The molecular formula is C15H13BrN6O3. The molecule has 0 spiro atoms. The van der Waals surface area contributed by atoms with Crippen LogP contribution in [-0.4, -0.2) is 32.1 Å². The first-order valence-electron chi connectivity index (χ1n) is 7.24. The highest BCUT2D eigenvalue weighted by molar-refractivity contribution is 9.10. The SMILES string of the molecule is O=C(Cn1nnc(-c2ccc(Br)cc2)n1)NC(=O)NCc1ccco1. The maximum atomic E-state index is 11.8. The Morgan fingerprint density at radius 3 is 2.72 bits per heavy atom. The molecule has 0 bridgehead atoms. The molecule has 3 amide bonds. The zero-order valence-corrected chi connectivity index (χ0v) is 14.4. The van der Waals surface area contributed by atoms with Gasteiger partial charge in [-0.2, -0.15) is 4.80 Å². The summed E-state index contributed by atoms with van der Waals surface area (Å²) in [5.74, 6) is 0.416. The van der Waals surface area contributed by atoms with E-state index in [0.717, 1.165) is 14.8 Å². The van der Waals surface area contributed by atoms with Crippen molar-refractivity contribution in [3.63, 3.8) is 0 Å². The minimum Gasteiger partial charge on any atom is -0.467 e. The van der Waals surface area contributed by atoms with E-state index in [9.17, 15) is 9.59 Å². The number of furan rings is 1. The van der Waals surface area contributed by atoms with Gasteiger partial charge in [-0.05, 0) is 41.6 Å². The Balaban J connectivity index is 1.51. The molecule has 0 saturated heterocycles. The molecule has 128 valence electrons. The fraction of sp³-hybridized carbons (Fsp3) is 0.133.